The van der Waals surface area contributed by atoms with E-state index in [0.29, 0.717) is 6.10 Å². The molecule has 2 heterocycles. The van der Waals surface area contributed by atoms with Crippen molar-refractivity contribution in [2.75, 3.05) is 52.5 Å². The molecule has 1 atom stereocenters. The first-order valence-corrected chi connectivity index (χ1v) is 12.3. The van der Waals surface area contributed by atoms with Gasteiger partial charge < -0.3 is 24.6 Å². The number of ether oxygens (including phenoxy) is 2. The number of carbonyl (C=O) groups excluding carboxylic acids is 1. The third-order valence-electron chi connectivity index (χ3n) is 6.40. The molecule has 3 aliphatic rings. The van der Waals surface area contributed by atoms with Gasteiger partial charge in [0, 0.05) is 52.5 Å². The van der Waals surface area contributed by atoms with Gasteiger partial charge in [-0.15, -0.1) is 24.0 Å². The molecule has 0 spiro atoms. The molecule has 2 aliphatic heterocycles. The van der Waals surface area contributed by atoms with Gasteiger partial charge in [0.15, 0.2) is 5.96 Å². The van der Waals surface area contributed by atoms with E-state index >= 15 is 0 Å². The summed E-state index contributed by atoms with van der Waals surface area (Å²) in [6, 6.07) is 0. The average Bonchev–Trinajstić information content (AvgIpc) is 3.33. The van der Waals surface area contributed by atoms with E-state index in [1.807, 2.05) is 4.90 Å². The van der Waals surface area contributed by atoms with Crippen molar-refractivity contribution in [2.45, 2.75) is 83.3 Å². The second kappa shape index (κ2) is 15.3. The van der Waals surface area contributed by atoms with E-state index in [4.69, 9.17) is 14.5 Å². The van der Waals surface area contributed by atoms with E-state index in [1.165, 1.54) is 38.5 Å². The summed E-state index contributed by atoms with van der Waals surface area (Å²) in [6.45, 7) is 8.61. The molecule has 1 aliphatic carbocycles. The Morgan fingerprint density at radius 2 is 1.74 bits per heavy atom. The summed E-state index contributed by atoms with van der Waals surface area (Å²) in [5, 5.41) is 3.42. The van der Waals surface area contributed by atoms with Gasteiger partial charge in [-0.25, -0.2) is 0 Å². The maximum atomic E-state index is 12.5. The van der Waals surface area contributed by atoms with Crippen molar-refractivity contribution >= 4 is 35.8 Å². The molecular weight excluding hydrogens is 507 g/mol. The van der Waals surface area contributed by atoms with Gasteiger partial charge in [0.25, 0.3) is 5.91 Å². The lowest BCUT2D eigenvalue weighted by molar-refractivity contribution is -0.142. The van der Waals surface area contributed by atoms with Crippen LogP contribution in [0, 0.1) is 0 Å². The molecule has 0 aromatic rings. The van der Waals surface area contributed by atoms with Crippen molar-refractivity contribution in [2.24, 2.45) is 4.99 Å². The molecule has 1 unspecified atom stereocenters. The van der Waals surface area contributed by atoms with Gasteiger partial charge in [0.2, 0.25) is 0 Å². The SMILES string of the molecule is CCNC(=NCCCCCOC1CCCCC1)N1CCN(C(=O)C2CCCO2)CC1.I. The standard InChI is InChI=1S/C23H42N4O3.HI/c1-2-24-23(25-13-7-4-8-18-29-20-10-5-3-6-11-20)27-16-14-26(15-17-27)22(28)21-12-9-19-30-21;/h20-21H,2-19H2,1H3,(H,24,25);1H. The largest absolute Gasteiger partial charge is 0.378 e. The highest BCUT2D eigenvalue weighted by atomic mass is 127. The van der Waals surface area contributed by atoms with Crippen LogP contribution in [-0.4, -0.2) is 86.4 Å². The molecule has 0 radical (unpaired) electrons. The molecular formula is C23H43IN4O3. The Morgan fingerprint density at radius 1 is 1.00 bits per heavy atom. The highest BCUT2D eigenvalue weighted by Gasteiger charge is 2.30. The Hall–Kier alpha value is -0.610. The second-order valence-electron chi connectivity index (χ2n) is 8.74. The van der Waals surface area contributed by atoms with Crippen LogP contribution in [0.1, 0.15) is 71.1 Å². The van der Waals surface area contributed by atoms with Crippen LogP contribution in [0.3, 0.4) is 0 Å². The number of aliphatic imine (C=N–C) groups is 1. The first-order chi connectivity index (χ1) is 14.8. The zero-order valence-electron chi connectivity index (χ0n) is 19.4. The third-order valence-corrected chi connectivity index (χ3v) is 6.40. The van der Waals surface area contributed by atoms with Crippen molar-refractivity contribution in [3.05, 3.63) is 0 Å². The van der Waals surface area contributed by atoms with E-state index in [2.05, 4.69) is 17.1 Å². The summed E-state index contributed by atoms with van der Waals surface area (Å²) >= 11 is 0. The van der Waals surface area contributed by atoms with Crippen LogP contribution in [0.5, 0.6) is 0 Å². The average molecular weight is 551 g/mol. The first kappa shape index (κ1) is 26.6. The van der Waals surface area contributed by atoms with Crippen molar-refractivity contribution in [3.8, 4) is 0 Å². The number of unbranched alkanes of at least 4 members (excludes halogenated alkanes) is 2. The number of piperazine rings is 1. The molecule has 1 saturated carbocycles. The predicted octanol–water partition coefficient (Wildman–Crippen LogP) is 3.41. The molecule has 1 N–H and O–H groups in total. The summed E-state index contributed by atoms with van der Waals surface area (Å²) in [6.07, 6.45) is 12.1. The highest BCUT2D eigenvalue weighted by molar-refractivity contribution is 14.0. The van der Waals surface area contributed by atoms with Crippen molar-refractivity contribution in [1.82, 2.24) is 15.1 Å². The Labute approximate surface area is 205 Å². The number of amides is 1. The minimum Gasteiger partial charge on any atom is -0.378 e. The fourth-order valence-corrected chi connectivity index (χ4v) is 4.60. The van der Waals surface area contributed by atoms with Crippen molar-refractivity contribution in [3.63, 3.8) is 0 Å². The lowest BCUT2D eigenvalue weighted by atomic mass is 9.98. The zero-order valence-corrected chi connectivity index (χ0v) is 21.7. The van der Waals surface area contributed by atoms with Crippen LogP contribution in [-0.2, 0) is 14.3 Å². The summed E-state index contributed by atoms with van der Waals surface area (Å²) in [5.41, 5.74) is 0. The van der Waals surface area contributed by atoms with Crippen LogP contribution < -0.4 is 5.32 Å². The lowest BCUT2D eigenvalue weighted by Gasteiger charge is -2.37. The molecule has 180 valence electrons. The molecule has 8 heteroatoms. The first-order valence-electron chi connectivity index (χ1n) is 12.3. The molecule has 7 nitrogen and oxygen atoms in total. The van der Waals surface area contributed by atoms with Gasteiger partial charge >= 0.3 is 0 Å². The fraction of sp³-hybridized carbons (Fsp3) is 0.913. The van der Waals surface area contributed by atoms with Crippen LogP contribution >= 0.6 is 24.0 Å². The van der Waals surface area contributed by atoms with Gasteiger partial charge in [-0.1, -0.05) is 19.3 Å². The number of nitrogens with zero attached hydrogens (tertiary/aromatic N) is 3. The highest BCUT2D eigenvalue weighted by Crippen LogP contribution is 2.20. The summed E-state index contributed by atoms with van der Waals surface area (Å²) in [4.78, 5) is 21.6. The molecule has 1 amide bonds. The van der Waals surface area contributed by atoms with E-state index in [-0.39, 0.29) is 36.0 Å². The molecule has 3 fully saturated rings. The predicted molar refractivity (Wildman–Crippen MR) is 135 cm³/mol. The number of hydrogen-bond acceptors (Lipinski definition) is 4. The van der Waals surface area contributed by atoms with E-state index in [9.17, 15) is 4.79 Å². The Morgan fingerprint density at radius 3 is 2.42 bits per heavy atom. The van der Waals surface area contributed by atoms with Crippen molar-refractivity contribution < 1.29 is 14.3 Å². The van der Waals surface area contributed by atoms with E-state index < -0.39 is 0 Å². The summed E-state index contributed by atoms with van der Waals surface area (Å²) in [5.74, 6) is 1.16. The molecule has 2 saturated heterocycles. The molecule has 0 aromatic heterocycles. The quantitative estimate of drug-likeness (QED) is 0.206. The Bertz CT molecular complexity index is 529. The number of guanidine groups is 1. The van der Waals surface area contributed by atoms with Crippen LogP contribution in [0.2, 0.25) is 0 Å². The molecule has 0 bridgehead atoms. The molecule has 0 aromatic carbocycles. The number of rotatable bonds is 9. The van der Waals surface area contributed by atoms with E-state index in [0.717, 1.165) is 84.1 Å². The minimum atomic E-state index is -0.208. The monoisotopic (exact) mass is 550 g/mol. The number of carbonyl (C=O) groups is 1. The Balaban J connectivity index is 0.00000341. The van der Waals surface area contributed by atoms with Crippen LogP contribution in [0.4, 0.5) is 0 Å². The smallest absolute Gasteiger partial charge is 0.251 e. The number of halogens is 1. The number of nitrogens with one attached hydrogen (secondary N) is 1. The number of hydrogen-bond donors (Lipinski definition) is 1. The Kier molecular flexibility index (Phi) is 13.1. The summed E-state index contributed by atoms with van der Waals surface area (Å²) in [7, 11) is 0. The fourth-order valence-electron chi connectivity index (χ4n) is 4.60. The molecule has 31 heavy (non-hydrogen) atoms. The second-order valence-corrected chi connectivity index (χ2v) is 8.74. The molecule has 3 rings (SSSR count). The van der Waals surface area contributed by atoms with Crippen LogP contribution in [0.25, 0.3) is 0 Å². The zero-order chi connectivity index (χ0) is 21.0. The lowest BCUT2D eigenvalue weighted by Crippen LogP contribution is -2.55. The normalized spacial score (nSPS) is 23.0. The van der Waals surface area contributed by atoms with Gasteiger partial charge in [-0.2, -0.15) is 0 Å². The third kappa shape index (κ3) is 9.04. The maximum Gasteiger partial charge on any atom is 0.251 e. The van der Waals surface area contributed by atoms with E-state index in [1.54, 1.807) is 0 Å². The van der Waals surface area contributed by atoms with Crippen molar-refractivity contribution in [1.29, 1.82) is 0 Å². The maximum absolute atomic E-state index is 12.5. The van der Waals surface area contributed by atoms with Gasteiger partial charge in [-0.3, -0.25) is 9.79 Å². The summed E-state index contributed by atoms with van der Waals surface area (Å²) < 4.78 is 11.6. The minimum absolute atomic E-state index is 0. The van der Waals surface area contributed by atoms with Crippen LogP contribution in [0.15, 0.2) is 4.99 Å². The van der Waals surface area contributed by atoms with Gasteiger partial charge in [0.1, 0.15) is 6.10 Å². The topological polar surface area (TPSA) is 66.4 Å². The van der Waals surface area contributed by atoms with Gasteiger partial charge in [-0.05, 0) is 51.9 Å². The van der Waals surface area contributed by atoms with Gasteiger partial charge in [0.05, 0.1) is 6.10 Å².